The molecule has 0 fully saturated rings. The van der Waals surface area contributed by atoms with Crippen molar-refractivity contribution in [1.29, 1.82) is 0 Å². The monoisotopic (exact) mass is 869 g/mol. The molecule has 0 rings (SSSR count). The second-order valence-electron chi connectivity index (χ2n) is 18.1. The van der Waals surface area contributed by atoms with E-state index in [-0.39, 0.29) is 25.2 Å². The fourth-order valence-corrected chi connectivity index (χ4v) is 7.81. The third-order valence-electron chi connectivity index (χ3n) is 11.8. The summed E-state index contributed by atoms with van der Waals surface area (Å²) in [7, 11) is 0. The highest BCUT2D eigenvalue weighted by Gasteiger charge is 2.17. The zero-order chi connectivity index (χ0) is 44.9. The molecule has 0 spiro atoms. The van der Waals surface area contributed by atoms with Crippen LogP contribution < -0.4 is 0 Å². The molecular formula is C57H104O5. The van der Waals surface area contributed by atoms with Crippen molar-refractivity contribution in [3.63, 3.8) is 0 Å². The van der Waals surface area contributed by atoms with E-state index in [0.29, 0.717) is 19.4 Å². The topological polar surface area (TPSA) is 61.8 Å². The fourth-order valence-electron chi connectivity index (χ4n) is 7.81. The van der Waals surface area contributed by atoms with Crippen molar-refractivity contribution in [2.24, 2.45) is 0 Å². The largest absolute Gasteiger partial charge is 0.462 e. The van der Waals surface area contributed by atoms with Gasteiger partial charge in [-0.3, -0.25) is 9.59 Å². The second-order valence-corrected chi connectivity index (χ2v) is 18.1. The first kappa shape index (κ1) is 59.9. The van der Waals surface area contributed by atoms with Crippen LogP contribution in [-0.2, 0) is 23.8 Å². The minimum atomic E-state index is -0.538. The number of esters is 2. The third kappa shape index (κ3) is 50.5. The van der Waals surface area contributed by atoms with Gasteiger partial charge in [0, 0.05) is 19.4 Å². The highest BCUT2D eigenvalue weighted by Crippen LogP contribution is 2.15. The number of hydrogen-bond donors (Lipinski definition) is 0. The smallest absolute Gasteiger partial charge is 0.306 e. The Morgan fingerprint density at radius 3 is 1.18 bits per heavy atom. The summed E-state index contributed by atoms with van der Waals surface area (Å²) in [6.45, 7) is 7.73. The summed E-state index contributed by atoms with van der Waals surface area (Å²) in [5.74, 6) is -0.395. The number of carbonyl (C=O) groups excluding carboxylic acids is 2. The molecule has 0 heterocycles. The Balaban J connectivity index is 4.21. The lowest BCUT2D eigenvalue weighted by molar-refractivity contribution is -0.163. The van der Waals surface area contributed by atoms with E-state index < -0.39 is 6.10 Å². The molecule has 0 saturated heterocycles. The standard InChI is InChI=1S/C57H104O5/c1-4-7-10-13-16-19-22-24-26-28-30-32-34-37-40-43-46-49-52-60-53-55(62-57(59)51-48-45-42-39-35-21-18-15-12-9-6-3)54-61-56(58)50-47-44-41-38-36-33-31-29-27-25-23-20-17-14-11-8-5-2/h7,10,16,19,24-27,55H,4-6,8-9,11-15,17-18,20-23,28-54H2,1-3H3/b10-7-,19-16-,26-24-,27-25-. The van der Waals surface area contributed by atoms with Gasteiger partial charge in [-0.2, -0.15) is 0 Å². The van der Waals surface area contributed by atoms with Crippen molar-refractivity contribution in [2.75, 3.05) is 19.8 Å². The zero-order valence-electron chi connectivity index (χ0n) is 41.6. The molecule has 5 nitrogen and oxygen atoms in total. The summed E-state index contributed by atoms with van der Waals surface area (Å²) in [6.07, 6.45) is 65.5. The van der Waals surface area contributed by atoms with E-state index >= 15 is 0 Å². The summed E-state index contributed by atoms with van der Waals surface area (Å²) in [4.78, 5) is 25.4. The first-order valence-corrected chi connectivity index (χ1v) is 27.2. The number of unbranched alkanes of at least 4 members (excludes halogenated alkanes) is 31. The average molecular weight is 869 g/mol. The van der Waals surface area contributed by atoms with Crippen LogP contribution >= 0.6 is 0 Å². The van der Waals surface area contributed by atoms with Crippen molar-refractivity contribution in [1.82, 2.24) is 0 Å². The number of carbonyl (C=O) groups is 2. The van der Waals surface area contributed by atoms with Crippen LogP contribution in [0.5, 0.6) is 0 Å². The molecule has 0 amide bonds. The van der Waals surface area contributed by atoms with Crippen LogP contribution in [0.3, 0.4) is 0 Å². The molecule has 1 unspecified atom stereocenters. The van der Waals surface area contributed by atoms with Gasteiger partial charge in [0.1, 0.15) is 6.61 Å². The Kier molecular flexibility index (Phi) is 51.4. The fraction of sp³-hybridized carbons (Fsp3) is 0.825. The van der Waals surface area contributed by atoms with Gasteiger partial charge in [-0.15, -0.1) is 0 Å². The van der Waals surface area contributed by atoms with Crippen molar-refractivity contribution >= 4 is 11.9 Å². The van der Waals surface area contributed by atoms with E-state index in [9.17, 15) is 9.59 Å². The molecular weight excluding hydrogens is 765 g/mol. The summed E-state index contributed by atoms with van der Waals surface area (Å²) < 4.78 is 17.4. The van der Waals surface area contributed by atoms with Crippen molar-refractivity contribution in [3.05, 3.63) is 48.6 Å². The minimum absolute atomic E-state index is 0.0833. The van der Waals surface area contributed by atoms with Gasteiger partial charge in [0.2, 0.25) is 0 Å². The maximum Gasteiger partial charge on any atom is 0.306 e. The molecule has 0 N–H and O–H groups in total. The SMILES string of the molecule is CC/C=C\C/C=C\C/C=C\CCCCCCCCCCOCC(COC(=O)CCCCCCCCC/C=C\CCCCCCCC)OC(=O)CCCCCCCCCCCCC. The van der Waals surface area contributed by atoms with Gasteiger partial charge >= 0.3 is 11.9 Å². The average Bonchev–Trinajstić information content (AvgIpc) is 3.27. The molecule has 0 aromatic carbocycles. The van der Waals surface area contributed by atoms with E-state index in [0.717, 1.165) is 57.8 Å². The van der Waals surface area contributed by atoms with Crippen molar-refractivity contribution in [3.8, 4) is 0 Å². The van der Waals surface area contributed by atoms with Crippen LogP contribution in [-0.4, -0.2) is 37.9 Å². The van der Waals surface area contributed by atoms with Crippen LogP contribution in [0.4, 0.5) is 0 Å². The Labute approximate surface area is 386 Å². The molecule has 0 bridgehead atoms. The van der Waals surface area contributed by atoms with Crippen LogP contribution in [0.15, 0.2) is 48.6 Å². The van der Waals surface area contributed by atoms with Crippen LogP contribution in [0, 0.1) is 0 Å². The van der Waals surface area contributed by atoms with E-state index in [1.807, 2.05) is 0 Å². The predicted molar refractivity (Wildman–Crippen MR) is 270 cm³/mol. The van der Waals surface area contributed by atoms with Crippen LogP contribution in [0.1, 0.15) is 278 Å². The first-order valence-electron chi connectivity index (χ1n) is 27.2. The molecule has 0 aromatic heterocycles. The van der Waals surface area contributed by atoms with Gasteiger partial charge in [0.15, 0.2) is 6.10 Å². The summed E-state index contributed by atoms with van der Waals surface area (Å²) in [5, 5.41) is 0. The van der Waals surface area contributed by atoms with E-state index in [2.05, 4.69) is 69.4 Å². The van der Waals surface area contributed by atoms with Crippen LogP contribution in [0.25, 0.3) is 0 Å². The second kappa shape index (κ2) is 53.2. The number of ether oxygens (including phenoxy) is 3. The molecule has 0 aliphatic carbocycles. The van der Waals surface area contributed by atoms with Gasteiger partial charge in [-0.25, -0.2) is 0 Å². The summed E-state index contributed by atoms with van der Waals surface area (Å²) in [5.41, 5.74) is 0. The molecule has 0 radical (unpaired) electrons. The molecule has 0 aliphatic rings. The number of rotatable bonds is 50. The maximum absolute atomic E-state index is 12.8. The zero-order valence-corrected chi connectivity index (χ0v) is 41.6. The van der Waals surface area contributed by atoms with E-state index in [4.69, 9.17) is 14.2 Å². The Morgan fingerprint density at radius 2 is 0.726 bits per heavy atom. The van der Waals surface area contributed by atoms with E-state index in [1.54, 1.807) is 0 Å². The lowest BCUT2D eigenvalue weighted by Gasteiger charge is -2.18. The van der Waals surface area contributed by atoms with Crippen LogP contribution in [0.2, 0.25) is 0 Å². The summed E-state index contributed by atoms with van der Waals surface area (Å²) >= 11 is 0. The molecule has 62 heavy (non-hydrogen) atoms. The lowest BCUT2D eigenvalue weighted by atomic mass is 10.1. The molecule has 1 atom stereocenters. The molecule has 362 valence electrons. The third-order valence-corrected chi connectivity index (χ3v) is 11.8. The molecule has 0 saturated carbocycles. The van der Waals surface area contributed by atoms with Crippen molar-refractivity contribution in [2.45, 2.75) is 284 Å². The molecule has 5 heteroatoms. The Hall–Kier alpha value is -2.14. The Morgan fingerprint density at radius 1 is 0.371 bits per heavy atom. The molecule has 0 aliphatic heterocycles. The minimum Gasteiger partial charge on any atom is -0.462 e. The number of allylic oxidation sites excluding steroid dienone is 8. The van der Waals surface area contributed by atoms with Gasteiger partial charge in [-0.05, 0) is 77.0 Å². The highest BCUT2D eigenvalue weighted by atomic mass is 16.6. The van der Waals surface area contributed by atoms with Crippen molar-refractivity contribution < 1.29 is 23.8 Å². The Bertz CT molecular complexity index is 1030. The van der Waals surface area contributed by atoms with E-state index in [1.165, 1.54) is 186 Å². The lowest BCUT2D eigenvalue weighted by Crippen LogP contribution is -2.30. The van der Waals surface area contributed by atoms with Gasteiger partial charge < -0.3 is 14.2 Å². The molecule has 0 aromatic rings. The maximum atomic E-state index is 12.8. The van der Waals surface area contributed by atoms with Gasteiger partial charge in [-0.1, -0.05) is 236 Å². The van der Waals surface area contributed by atoms with Gasteiger partial charge in [0.05, 0.1) is 6.61 Å². The predicted octanol–water partition coefficient (Wildman–Crippen LogP) is 18.3. The quantitative estimate of drug-likeness (QED) is 0.0346. The first-order chi connectivity index (χ1) is 30.6. The highest BCUT2D eigenvalue weighted by molar-refractivity contribution is 5.70. The normalized spacial score (nSPS) is 12.5. The summed E-state index contributed by atoms with van der Waals surface area (Å²) in [6, 6.07) is 0. The number of hydrogen-bond acceptors (Lipinski definition) is 5. The van der Waals surface area contributed by atoms with Gasteiger partial charge in [0.25, 0.3) is 0 Å².